The van der Waals surface area contributed by atoms with Gasteiger partial charge in [0.1, 0.15) is 17.3 Å². The second kappa shape index (κ2) is 7.84. The number of nitrogens with zero attached hydrogens (tertiary/aromatic N) is 2. The van der Waals surface area contributed by atoms with Crippen molar-refractivity contribution < 1.29 is 9.53 Å². The smallest absolute Gasteiger partial charge is 0.275 e. The first-order valence-corrected chi connectivity index (χ1v) is 8.24. The zero-order valence-corrected chi connectivity index (χ0v) is 15.0. The molecule has 2 N–H and O–H groups in total. The summed E-state index contributed by atoms with van der Waals surface area (Å²) in [7, 11) is 1.52. The van der Waals surface area contributed by atoms with E-state index in [2.05, 4.69) is 20.6 Å². The Hall–Kier alpha value is -3.12. The van der Waals surface area contributed by atoms with Crippen molar-refractivity contribution in [3.8, 4) is 5.75 Å². The number of nitrogens with one attached hydrogen (secondary N) is 2. The maximum atomic E-state index is 12.4. The number of halogens is 1. The Kier molecular flexibility index (Phi) is 5.34. The highest BCUT2D eigenvalue weighted by Crippen LogP contribution is 2.28. The van der Waals surface area contributed by atoms with Gasteiger partial charge in [0.25, 0.3) is 5.91 Å². The van der Waals surface area contributed by atoms with Gasteiger partial charge in [0.05, 0.1) is 25.2 Å². The SMILES string of the molecule is COc1ccc(Cl)cc1NC(=O)c1cnc(Nc2ccccc2C)cn1. The quantitative estimate of drug-likeness (QED) is 0.696. The first-order chi connectivity index (χ1) is 12.6. The molecule has 26 heavy (non-hydrogen) atoms. The largest absolute Gasteiger partial charge is 0.495 e. The molecule has 0 saturated carbocycles. The summed E-state index contributed by atoms with van der Waals surface area (Å²) < 4.78 is 5.21. The lowest BCUT2D eigenvalue weighted by Gasteiger charge is -2.11. The summed E-state index contributed by atoms with van der Waals surface area (Å²) >= 11 is 5.97. The molecule has 0 aliphatic heterocycles. The van der Waals surface area contributed by atoms with Crippen LogP contribution in [0.25, 0.3) is 0 Å². The zero-order chi connectivity index (χ0) is 18.5. The van der Waals surface area contributed by atoms with Crippen LogP contribution in [0.1, 0.15) is 16.1 Å². The van der Waals surface area contributed by atoms with Crippen molar-refractivity contribution in [3.63, 3.8) is 0 Å². The van der Waals surface area contributed by atoms with E-state index in [1.165, 1.54) is 19.5 Å². The van der Waals surface area contributed by atoms with E-state index in [1.807, 2.05) is 31.2 Å². The second-order valence-corrected chi connectivity index (χ2v) is 5.96. The molecule has 7 heteroatoms. The Labute approximate surface area is 156 Å². The zero-order valence-electron chi connectivity index (χ0n) is 14.3. The number of aryl methyl sites for hydroxylation is 1. The van der Waals surface area contributed by atoms with E-state index < -0.39 is 5.91 Å². The molecule has 132 valence electrons. The Morgan fingerprint density at radius 3 is 2.58 bits per heavy atom. The molecule has 0 radical (unpaired) electrons. The fourth-order valence-corrected chi connectivity index (χ4v) is 2.50. The molecule has 3 rings (SSSR count). The molecule has 6 nitrogen and oxygen atoms in total. The van der Waals surface area contributed by atoms with E-state index in [4.69, 9.17) is 16.3 Å². The van der Waals surface area contributed by atoms with Gasteiger partial charge in [0.15, 0.2) is 0 Å². The minimum absolute atomic E-state index is 0.183. The predicted molar refractivity (Wildman–Crippen MR) is 102 cm³/mol. The molecule has 0 bridgehead atoms. The minimum Gasteiger partial charge on any atom is -0.495 e. The lowest BCUT2D eigenvalue weighted by molar-refractivity contribution is 0.102. The average Bonchev–Trinajstić information content (AvgIpc) is 2.64. The molecule has 1 aromatic heterocycles. The van der Waals surface area contributed by atoms with Gasteiger partial charge in [-0.05, 0) is 36.8 Å². The van der Waals surface area contributed by atoms with Crippen LogP contribution in [0.2, 0.25) is 5.02 Å². The maximum Gasteiger partial charge on any atom is 0.275 e. The highest BCUT2D eigenvalue weighted by atomic mass is 35.5. The van der Waals surface area contributed by atoms with E-state index >= 15 is 0 Å². The molecule has 0 aliphatic carbocycles. The highest BCUT2D eigenvalue weighted by molar-refractivity contribution is 6.31. The normalized spacial score (nSPS) is 10.3. The number of carbonyl (C=O) groups is 1. The molecule has 0 atom stereocenters. The summed E-state index contributed by atoms with van der Waals surface area (Å²) in [5.74, 6) is 0.658. The Morgan fingerprint density at radius 2 is 1.88 bits per heavy atom. The number of rotatable bonds is 5. The van der Waals surface area contributed by atoms with Crippen molar-refractivity contribution in [1.82, 2.24) is 9.97 Å². The number of anilines is 3. The third-order valence-electron chi connectivity index (χ3n) is 3.70. The number of benzene rings is 2. The van der Waals surface area contributed by atoms with Crippen molar-refractivity contribution in [2.75, 3.05) is 17.7 Å². The molecular formula is C19H17ClN4O2. The van der Waals surface area contributed by atoms with Crippen molar-refractivity contribution >= 4 is 34.7 Å². The van der Waals surface area contributed by atoms with Crippen LogP contribution in [0.15, 0.2) is 54.9 Å². The molecule has 1 heterocycles. The first kappa shape index (κ1) is 17.7. The van der Waals surface area contributed by atoms with Gasteiger partial charge >= 0.3 is 0 Å². The van der Waals surface area contributed by atoms with Gasteiger partial charge in [-0.15, -0.1) is 0 Å². The Morgan fingerprint density at radius 1 is 1.08 bits per heavy atom. The number of hydrogen-bond donors (Lipinski definition) is 2. The van der Waals surface area contributed by atoms with Gasteiger partial charge in [0, 0.05) is 10.7 Å². The molecule has 0 saturated heterocycles. The van der Waals surface area contributed by atoms with Gasteiger partial charge in [0.2, 0.25) is 0 Å². The number of amides is 1. The van der Waals surface area contributed by atoms with Crippen LogP contribution in [0.3, 0.4) is 0 Å². The summed E-state index contributed by atoms with van der Waals surface area (Å²) in [5, 5.41) is 6.39. The molecule has 0 aliphatic rings. The van der Waals surface area contributed by atoms with Crippen LogP contribution in [0, 0.1) is 6.92 Å². The average molecular weight is 369 g/mol. The highest BCUT2D eigenvalue weighted by Gasteiger charge is 2.12. The van der Waals surface area contributed by atoms with E-state index in [0.717, 1.165) is 11.3 Å². The van der Waals surface area contributed by atoms with Crippen molar-refractivity contribution in [3.05, 3.63) is 71.1 Å². The van der Waals surface area contributed by atoms with E-state index in [-0.39, 0.29) is 5.69 Å². The van der Waals surface area contributed by atoms with E-state index in [9.17, 15) is 4.79 Å². The van der Waals surface area contributed by atoms with E-state index in [1.54, 1.807) is 18.2 Å². The Balaban J connectivity index is 1.73. The molecule has 0 fully saturated rings. The van der Waals surface area contributed by atoms with Gasteiger partial charge < -0.3 is 15.4 Å². The second-order valence-electron chi connectivity index (χ2n) is 5.53. The van der Waals surface area contributed by atoms with Crippen LogP contribution in [0.4, 0.5) is 17.2 Å². The fourth-order valence-electron chi connectivity index (χ4n) is 2.33. The fraction of sp³-hybridized carbons (Fsp3) is 0.105. The van der Waals surface area contributed by atoms with E-state index in [0.29, 0.717) is 22.3 Å². The first-order valence-electron chi connectivity index (χ1n) is 7.86. The monoisotopic (exact) mass is 368 g/mol. The van der Waals surface area contributed by atoms with Crippen molar-refractivity contribution in [2.24, 2.45) is 0 Å². The van der Waals surface area contributed by atoms with Gasteiger partial charge in [-0.2, -0.15) is 0 Å². The number of methoxy groups -OCH3 is 1. The molecule has 2 aromatic carbocycles. The van der Waals surface area contributed by atoms with Gasteiger partial charge in [-0.25, -0.2) is 9.97 Å². The van der Waals surface area contributed by atoms with Crippen LogP contribution in [-0.4, -0.2) is 23.0 Å². The number of hydrogen-bond acceptors (Lipinski definition) is 5. The summed E-state index contributed by atoms with van der Waals surface area (Å²) in [5.41, 5.74) is 2.67. The van der Waals surface area contributed by atoms with Gasteiger partial charge in [-0.1, -0.05) is 29.8 Å². The third kappa shape index (κ3) is 4.10. The maximum absolute atomic E-state index is 12.4. The van der Waals surface area contributed by atoms with Crippen molar-refractivity contribution in [2.45, 2.75) is 6.92 Å². The molecule has 1 amide bonds. The molecule has 3 aromatic rings. The predicted octanol–water partition coefficient (Wildman–Crippen LogP) is 4.44. The topological polar surface area (TPSA) is 76.1 Å². The Bertz CT molecular complexity index is 929. The number of aromatic nitrogens is 2. The summed E-state index contributed by atoms with van der Waals surface area (Å²) in [6, 6.07) is 12.8. The standard InChI is InChI=1S/C19H17ClN4O2/c1-12-5-3-4-6-14(12)23-18-11-21-16(10-22-18)19(25)24-15-9-13(20)7-8-17(15)26-2/h3-11H,1-2H3,(H,22,23)(H,24,25). The number of carbonyl (C=O) groups excluding carboxylic acids is 1. The number of para-hydroxylation sites is 1. The lowest BCUT2D eigenvalue weighted by Crippen LogP contribution is -2.15. The third-order valence-corrected chi connectivity index (χ3v) is 3.94. The van der Waals surface area contributed by atoms with Gasteiger partial charge in [-0.3, -0.25) is 4.79 Å². The lowest BCUT2D eigenvalue weighted by atomic mass is 10.2. The minimum atomic E-state index is -0.402. The van der Waals surface area contributed by atoms with Crippen molar-refractivity contribution in [1.29, 1.82) is 0 Å². The van der Waals surface area contributed by atoms with Crippen LogP contribution < -0.4 is 15.4 Å². The summed E-state index contributed by atoms with van der Waals surface area (Å²) in [6.07, 6.45) is 2.92. The molecule has 0 unspecified atom stereocenters. The van der Waals surface area contributed by atoms with Crippen LogP contribution in [0.5, 0.6) is 5.75 Å². The van der Waals surface area contributed by atoms with Crippen LogP contribution >= 0.6 is 11.6 Å². The number of ether oxygens (including phenoxy) is 1. The van der Waals surface area contributed by atoms with Crippen LogP contribution in [-0.2, 0) is 0 Å². The molecular weight excluding hydrogens is 352 g/mol. The molecule has 0 spiro atoms. The summed E-state index contributed by atoms with van der Waals surface area (Å²) in [4.78, 5) is 20.8. The summed E-state index contributed by atoms with van der Waals surface area (Å²) in [6.45, 7) is 2.00.